The summed E-state index contributed by atoms with van der Waals surface area (Å²) in [6, 6.07) is 56.1. The first-order valence-corrected chi connectivity index (χ1v) is 46.7. The number of nitrogens with one attached hydrogen (secondary N) is 1. The monoisotopic (exact) mass is 2120 g/mol. The molecule has 4 aliphatic rings. The molecule has 3 fully saturated rings. The van der Waals surface area contributed by atoms with E-state index in [1.807, 2.05) is 79.7 Å². The second kappa shape index (κ2) is 66.5. The van der Waals surface area contributed by atoms with Gasteiger partial charge in [-0.05, 0) is 254 Å². The van der Waals surface area contributed by atoms with Crippen molar-refractivity contribution < 1.29 is 158 Å². The molecule has 0 bridgehead atoms. The van der Waals surface area contributed by atoms with E-state index >= 15 is 0 Å². The summed E-state index contributed by atoms with van der Waals surface area (Å²) in [5, 5.41) is 64.4. The topological polar surface area (TPSA) is 443 Å². The molecule has 39 heteroatoms. The number of hydrogen-bond donors (Lipinski definition) is 3. The number of hydrogen-bond acceptors (Lipinski definition) is 29. The number of esters is 8. The molecule has 3 aliphatic heterocycles. The molecule has 1 amide bonds. The quantitative estimate of drug-likeness (QED) is 0.0126. The van der Waals surface area contributed by atoms with E-state index in [0.29, 0.717) is 82.1 Å². The molecule has 3 heterocycles. The van der Waals surface area contributed by atoms with Crippen LogP contribution in [0.4, 0.5) is 49.1 Å². The number of carbonyl (C=O) groups is 11. The summed E-state index contributed by atoms with van der Waals surface area (Å²) in [6.45, 7) is 11.2. The smallest absolute Gasteiger partial charge is 1.00 e. The average molecular weight is 2120 g/mol. The van der Waals surface area contributed by atoms with Gasteiger partial charge in [0.15, 0.2) is 5.78 Å². The number of carbonyl (C=O) groups excluding carboxylic acids is 11. The molecule has 149 heavy (non-hydrogen) atoms. The molecule has 3 N–H and O–H groups in total. The SMILES string of the molecule is CC1=CC(=O)Cc2ccc(NC(=O)c3cc(CC#N)ccc3N3CCCC3)cc21.CCOC(=O)c1cc(CC#N)ccc1F.CCOC(=O)c1cc(CC#N)ccc1N1CCCC1.COC(=O)c1cc(C=O)ccc1F.COC(=O)c1cc(CBr)ccc1F.COC(=O)c1cc(CC#N)ccc1F.COC(=O)c1cc(CC#N)ccc1N1CCCC1.COC(=O)c1cc(CO)ccc1F.COC(=O)c1cc(CO)ccc1F.[B].[H-].[Na+]. The molecule has 10 aromatic rings. The number of allylic oxidation sites excluding steroid dienone is 2. The van der Waals surface area contributed by atoms with Crippen molar-refractivity contribution >= 4 is 118 Å². The van der Waals surface area contributed by atoms with Crippen molar-refractivity contribution in [2.45, 2.75) is 116 Å². The van der Waals surface area contributed by atoms with Gasteiger partial charge in [-0.3, -0.25) is 14.4 Å². The average Bonchev–Trinajstić information content (AvgIpc) is 1.35. The van der Waals surface area contributed by atoms with E-state index in [2.05, 4.69) is 82.6 Å². The third-order valence-corrected chi connectivity index (χ3v) is 22.6. The van der Waals surface area contributed by atoms with Crippen LogP contribution in [0.25, 0.3) is 5.57 Å². The van der Waals surface area contributed by atoms with Gasteiger partial charge < -0.3 is 69.6 Å². The first-order chi connectivity index (χ1) is 70.7. The normalized spacial score (nSPS) is 11.8. The van der Waals surface area contributed by atoms with Crippen LogP contribution in [0.5, 0.6) is 0 Å². The summed E-state index contributed by atoms with van der Waals surface area (Å²) in [6.07, 6.45) is 10.6. The minimum Gasteiger partial charge on any atom is -1.00 e. The number of ether oxygens (including phenoxy) is 8. The fourth-order valence-electron chi connectivity index (χ4n) is 14.7. The first kappa shape index (κ1) is 126. The minimum atomic E-state index is -0.791. The van der Waals surface area contributed by atoms with Crippen LogP contribution in [-0.4, -0.2) is 179 Å². The predicted octanol–water partition coefficient (Wildman–Crippen LogP) is 15.4. The number of anilines is 4. The Morgan fingerprint density at radius 3 is 0.973 bits per heavy atom. The molecular formula is C110H109BBrF6N9NaO21. The number of fused-ring (bicyclic) bond motifs is 1. The van der Waals surface area contributed by atoms with Crippen molar-refractivity contribution in [1.82, 2.24) is 0 Å². The zero-order valence-electron chi connectivity index (χ0n) is 84.7. The molecule has 773 valence electrons. The zero-order chi connectivity index (χ0) is 108. The second-order valence-electron chi connectivity index (χ2n) is 31.9. The minimum absolute atomic E-state index is 0. The maximum Gasteiger partial charge on any atom is 1.00 e. The van der Waals surface area contributed by atoms with E-state index in [9.17, 15) is 79.1 Å². The standard InChI is InChI=1S/C24H23N3O2.C15H18N2O2.C14H16N2O2.C11H10FNO2.C10H8FNO2.C9H8BrFO2.2C9H9FO3.C9H7FO3.B.Na.H/c1-16-12-20(28)14-18-5-6-19(15-21(16)18)26-24(29)22-13-17(8-9-25)4-7-23(22)27-10-2-3-11-27;1-2-19-15(18)13-11-12(7-8-16)5-6-14(13)17-9-3-4-10-17;1-18-14(17)12-10-11(6-7-15)4-5-13(12)16-8-2-3-9-16;1-2-15-11(14)9-7-8(5-6-13)3-4-10(9)12;1-14-10(13)8-6-7(4-5-12)2-3-9(8)11;1-13-9(12)7-4-6(5-10)2-3-8(7)11;3*1-13-9(12)7-4-6(5-11)2-3-8(7)10;;;/h4-7,12-13,15H,2-3,8,10-11,14H2,1H3,(H,26,29);5-6,11H,2-4,7,9-10H2,1H3;4-5,10H,2-3,6,8-9H2,1H3;3-4,7H,2,5H2,1H3;2-3,6H,4H2,1H3;2-4H,5H2,1H3;2*2-4,11H,5H2,1H3;2-5H,1H3;;;/q;;;;;;;;;;+1;-1. The number of benzene rings is 10. The summed E-state index contributed by atoms with van der Waals surface area (Å²) in [7, 11) is 7.28. The van der Waals surface area contributed by atoms with Crippen molar-refractivity contribution in [2.75, 3.05) is 115 Å². The molecule has 30 nitrogen and oxygen atoms in total. The van der Waals surface area contributed by atoms with E-state index in [4.69, 9.17) is 46.0 Å². The van der Waals surface area contributed by atoms with Gasteiger partial charge >= 0.3 is 77.3 Å². The summed E-state index contributed by atoms with van der Waals surface area (Å²) >= 11 is 3.21. The van der Waals surface area contributed by atoms with Gasteiger partial charge in [-0.15, -0.1) is 0 Å². The Bertz CT molecular complexity index is 6460. The number of methoxy groups -OCH3 is 6. The van der Waals surface area contributed by atoms with Gasteiger partial charge in [0.05, 0.1) is 193 Å². The van der Waals surface area contributed by atoms with E-state index in [-0.39, 0.29) is 141 Å². The summed E-state index contributed by atoms with van der Waals surface area (Å²) < 4.78 is 115. The Labute approximate surface area is 893 Å². The van der Waals surface area contributed by atoms with Crippen LogP contribution < -0.4 is 49.6 Å². The van der Waals surface area contributed by atoms with E-state index in [0.717, 1.165) is 171 Å². The van der Waals surface area contributed by atoms with E-state index in [1.165, 1.54) is 108 Å². The Balaban J connectivity index is 0.000000439. The van der Waals surface area contributed by atoms with Gasteiger partial charge in [-0.25, -0.2) is 64.7 Å². The van der Waals surface area contributed by atoms with Crippen LogP contribution in [0.1, 0.15) is 220 Å². The number of amides is 1. The van der Waals surface area contributed by atoms with Gasteiger partial charge in [-0.1, -0.05) is 70.5 Å². The van der Waals surface area contributed by atoms with Gasteiger partial charge in [-0.2, -0.15) is 26.3 Å². The molecule has 0 atom stereocenters. The Morgan fingerprint density at radius 1 is 0.383 bits per heavy atom. The van der Waals surface area contributed by atoms with Crippen molar-refractivity contribution in [3.63, 3.8) is 0 Å². The summed E-state index contributed by atoms with van der Waals surface area (Å²) in [4.78, 5) is 132. The molecule has 0 spiro atoms. The first-order valence-electron chi connectivity index (χ1n) is 45.6. The largest absolute Gasteiger partial charge is 1.00 e. The van der Waals surface area contributed by atoms with Crippen LogP contribution in [0, 0.1) is 91.6 Å². The van der Waals surface area contributed by atoms with Crippen LogP contribution >= 0.6 is 15.9 Å². The Morgan fingerprint density at radius 2 is 0.651 bits per heavy atom. The summed E-state index contributed by atoms with van der Waals surface area (Å²) in [5.74, 6) is -8.90. The van der Waals surface area contributed by atoms with Gasteiger partial charge in [0.2, 0.25) is 0 Å². The van der Waals surface area contributed by atoms with Crippen molar-refractivity contribution in [3.8, 4) is 30.3 Å². The summed E-state index contributed by atoms with van der Waals surface area (Å²) in [5.41, 5.74) is 13.0. The Hall–Kier alpha value is -15.6. The number of aliphatic hydroxyl groups excluding tert-OH is 2. The van der Waals surface area contributed by atoms with Gasteiger partial charge in [0.1, 0.15) is 41.2 Å². The van der Waals surface area contributed by atoms with E-state index < -0.39 is 70.7 Å². The Kier molecular flexibility index (Phi) is 56.1. The van der Waals surface area contributed by atoms with Crippen LogP contribution in [0.2, 0.25) is 0 Å². The molecule has 3 radical (unpaired) electrons. The van der Waals surface area contributed by atoms with Crippen LogP contribution in [-0.2, 0) is 99.8 Å². The van der Waals surface area contributed by atoms with Crippen molar-refractivity contribution in [2.24, 2.45) is 0 Å². The van der Waals surface area contributed by atoms with E-state index in [1.54, 1.807) is 38.1 Å². The number of aliphatic hydroxyl groups is 2. The number of ketones is 1. The number of nitrogens with zero attached hydrogens (tertiary/aromatic N) is 8. The number of nitriles is 5. The van der Waals surface area contributed by atoms with Crippen molar-refractivity contribution in [1.29, 1.82) is 26.3 Å². The van der Waals surface area contributed by atoms with Crippen LogP contribution in [0.3, 0.4) is 0 Å². The molecule has 10 aromatic carbocycles. The number of halogens is 7. The number of rotatable bonds is 24. The third-order valence-electron chi connectivity index (χ3n) is 21.9. The maximum atomic E-state index is 13.2. The fourth-order valence-corrected chi connectivity index (χ4v) is 15.0. The zero-order valence-corrected chi connectivity index (χ0v) is 87.3. The number of aldehydes is 1. The van der Waals surface area contributed by atoms with Gasteiger partial charge in [0, 0.05) is 76.4 Å². The molecule has 1 aliphatic carbocycles. The molecule has 14 rings (SSSR count). The number of alkyl halides is 1. The maximum absolute atomic E-state index is 13.2. The molecular weight excluding hydrogens is 2010 g/mol. The molecule has 0 aromatic heterocycles. The van der Waals surface area contributed by atoms with Crippen LogP contribution in [0.15, 0.2) is 188 Å². The van der Waals surface area contributed by atoms with Crippen molar-refractivity contribution in [3.05, 3.63) is 334 Å². The molecule has 0 saturated carbocycles. The van der Waals surface area contributed by atoms with Gasteiger partial charge in [0.25, 0.3) is 5.91 Å². The molecule has 3 saturated heterocycles. The molecule has 0 unspecified atom stereocenters. The second-order valence-corrected chi connectivity index (χ2v) is 32.4. The predicted molar refractivity (Wildman–Crippen MR) is 542 cm³/mol. The third kappa shape index (κ3) is 39.0. The fraction of sp³-hybridized carbons (Fsp3) is 0.291.